The summed E-state index contributed by atoms with van der Waals surface area (Å²) in [5, 5.41) is 4.35. The first kappa shape index (κ1) is 14.1. The number of rotatable bonds is 2. The molecule has 0 bridgehead atoms. The second-order valence-electron chi connectivity index (χ2n) is 5.86. The van der Waals surface area contributed by atoms with Crippen LogP contribution < -0.4 is 5.73 Å². The summed E-state index contributed by atoms with van der Waals surface area (Å²) in [6, 6.07) is 2.32. The summed E-state index contributed by atoms with van der Waals surface area (Å²) >= 11 is 0. The maximum atomic E-state index is 12.5. The van der Waals surface area contributed by atoms with Gasteiger partial charge in [-0.3, -0.25) is 9.48 Å². The molecule has 106 valence electrons. The highest BCUT2D eigenvalue weighted by Crippen LogP contribution is 2.20. The predicted octanol–water partition coefficient (Wildman–Crippen LogP) is 1.50. The molecule has 2 N–H and O–H groups in total. The van der Waals surface area contributed by atoms with Gasteiger partial charge in [0.15, 0.2) is 5.69 Å². The number of hydrogen-bond acceptors (Lipinski definition) is 3. The second kappa shape index (κ2) is 5.33. The molecule has 0 aromatic carbocycles. The topological polar surface area (TPSA) is 64.2 Å². The third kappa shape index (κ3) is 2.81. The maximum absolute atomic E-state index is 12.5. The Morgan fingerprint density at radius 2 is 2.21 bits per heavy atom. The number of piperidine rings is 1. The molecule has 1 aromatic rings. The molecular formula is C14H24N4O. The van der Waals surface area contributed by atoms with Gasteiger partial charge in [0, 0.05) is 31.4 Å². The fraction of sp³-hybridized carbons (Fsp3) is 0.714. The lowest BCUT2D eigenvalue weighted by molar-refractivity contribution is 0.0612. The van der Waals surface area contributed by atoms with E-state index in [4.69, 9.17) is 5.73 Å². The number of amides is 1. The molecule has 1 aromatic heterocycles. The van der Waals surface area contributed by atoms with Crippen molar-refractivity contribution in [2.45, 2.75) is 51.6 Å². The fourth-order valence-electron chi connectivity index (χ4n) is 2.78. The Morgan fingerprint density at radius 1 is 1.53 bits per heavy atom. The van der Waals surface area contributed by atoms with E-state index in [1.165, 1.54) is 0 Å². The number of likely N-dealkylation sites (tertiary alicyclic amines) is 1. The smallest absolute Gasteiger partial charge is 0.274 e. The van der Waals surface area contributed by atoms with E-state index in [2.05, 4.69) is 25.9 Å². The minimum Gasteiger partial charge on any atom is -0.334 e. The lowest BCUT2D eigenvalue weighted by Gasteiger charge is -2.35. The number of nitrogens with zero attached hydrogens (tertiary/aromatic N) is 3. The van der Waals surface area contributed by atoms with Crippen LogP contribution in [0.4, 0.5) is 0 Å². The van der Waals surface area contributed by atoms with Crippen LogP contribution in [0.5, 0.6) is 0 Å². The summed E-state index contributed by atoms with van der Waals surface area (Å²) in [5.74, 6) is 0.396. The molecule has 5 heteroatoms. The van der Waals surface area contributed by atoms with Gasteiger partial charge in [0.05, 0.1) is 0 Å². The van der Waals surface area contributed by atoms with Gasteiger partial charge in [-0.2, -0.15) is 5.10 Å². The van der Waals surface area contributed by atoms with Gasteiger partial charge in [-0.1, -0.05) is 13.8 Å². The van der Waals surface area contributed by atoms with E-state index in [0.29, 0.717) is 11.6 Å². The van der Waals surface area contributed by atoms with Crippen molar-refractivity contribution in [3.8, 4) is 0 Å². The number of aromatic nitrogens is 2. The van der Waals surface area contributed by atoms with Crippen molar-refractivity contribution in [1.29, 1.82) is 0 Å². The van der Waals surface area contributed by atoms with Gasteiger partial charge < -0.3 is 10.6 Å². The Bertz CT molecular complexity index is 466. The van der Waals surface area contributed by atoms with Gasteiger partial charge >= 0.3 is 0 Å². The summed E-state index contributed by atoms with van der Waals surface area (Å²) in [5.41, 5.74) is 7.57. The number of nitrogens with two attached hydrogens (primary N) is 1. The first-order valence-corrected chi connectivity index (χ1v) is 7.00. The van der Waals surface area contributed by atoms with Crippen LogP contribution in [0.25, 0.3) is 0 Å². The van der Waals surface area contributed by atoms with Gasteiger partial charge in [0.1, 0.15) is 0 Å². The van der Waals surface area contributed by atoms with E-state index < -0.39 is 0 Å². The quantitative estimate of drug-likeness (QED) is 0.880. The van der Waals surface area contributed by atoms with Crippen molar-refractivity contribution in [3.05, 3.63) is 17.5 Å². The highest BCUT2D eigenvalue weighted by Gasteiger charge is 2.29. The van der Waals surface area contributed by atoms with Crippen molar-refractivity contribution in [2.75, 3.05) is 6.54 Å². The normalized spacial score (nSPS) is 24.0. The predicted molar refractivity (Wildman–Crippen MR) is 75.0 cm³/mol. The summed E-state index contributed by atoms with van der Waals surface area (Å²) in [4.78, 5) is 14.4. The van der Waals surface area contributed by atoms with E-state index in [1.54, 1.807) is 4.68 Å². The van der Waals surface area contributed by atoms with Gasteiger partial charge in [-0.25, -0.2) is 0 Å². The van der Waals surface area contributed by atoms with E-state index in [9.17, 15) is 4.79 Å². The second-order valence-corrected chi connectivity index (χ2v) is 5.86. The van der Waals surface area contributed by atoms with E-state index >= 15 is 0 Å². The maximum Gasteiger partial charge on any atom is 0.274 e. The summed E-state index contributed by atoms with van der Waals surface area (Å²) < 4.78 is 1.80. The number of hydrogen-bond donors (Lipinski definition) is 1. The number of carbonyl (C=O) groups is 1. The first-order valence-electron chi connectivity index (χ1n) is 7.00. The SMILES string of the molecule is CC(C)c1cc(C(=O)N2CC[C@@H](N)C[C@@H]2C)nn1C. The zero-order valence-electron chi connectivity index (χ0n) is 12.3. The van der Waals surface area contributed by atoms with Crippen molar-refractivity contribution in [3.63, 3.8) is 0 Å². The largest absolute Gasteiger partial charge is 0.334 e. The van der Waals surface area contributed by atoms with Crippen LogP contribution in [0.1, 0.15) is 55.7 Å². The highest BCUT2D eigenvalue weighted by atomic mass is 16.2. The number of carbonyl (C=O) groups excluding carboxylic acids is 1. The minimum absolute atomic E-state index is 0.0295. The van der Waals surface area contributed by atoms with Crippen molar-refractivity contribution in [2.24, 2.45) is 12.8 Å². The Hall–Kier alpha value is -1.36. The summed E-state index contributed by atoms with van der Waals surface area (Å²) in [6.07, 6.45) is 1.75. The van der Waals surface area contributed by atoms with Crippen LogP contribution >= 0.6 is 0 Å². The lowest BCUT2D eigenvalue weighted by Crippen LogP contribution is -2.48. The Balaban J connectivity index is 2.18. The fourth-order valence-corrected chi connectivity index (χ4v) is 2.78. The zero-order valence-corrected chi connectivity index (χ0v) is 12.3. The van der Waals surface area contributed by atoms with Crippen LogP contribution in [0, 0.1) is 0 Å². The Kier molecular flexibility index (Phi) is 3.94. The molecular weight excluding hydrogens is 240 g/mol. The lowest BCUT2D eigenvalue weighted by atomic mass is 9.99. The van der Waals surface area contributed by atoms with Gasteiger partial charge in [0.2, 0.25) is 0 Å². The average molecular weight is 264 g/mol. The molecule has 1 aliphatic rings. The van der Waals surface area contributed by atoms with Crippen molar-refractivity contribution < 1.29 is 4.79 Å². The summed E-state index contributed by atoms with van der Waals surface area (Å²) in [6.45, 7) is 7.00. The van der Waals surface area contributed by atoms with E-state index in [0.717, 1.165) is 25.1 Å². The van der Waals surface area contributed by atoms with Gasteiger partial charge in [-0.05, 0) is 31.7 Å². The minimum atomic E-state index is 0.0295. The first-order chi connectivity index (χ1) is 8.90. The van der Waals surface area contributed by atoms with Crippen molar-refractivity contribution >= 4 is 5.91 Å². The Morgan fingerprint density at radius 3 is 2.74 bits per heavy atom. The van der Waals surface area contributed by atoms with E-state index in [-0.39, 0.29) is 18.0 Å². The molecule has 19 heavy (non-hydrogen) atoms. The van der Waals surface area contributed by atoms with Crippen LogP contribution in [-0.2, 0) is 7.05 Å². The van der Waals surface area contributed by atoms with Crippen LogP contribution in [-0.4, -0.2) is 39.2 Å². The van der Waals surface area contributed by atoms with Gasteiger partial charge in [0.25, 0.3) is 5.91 Å². The molecule has 2 rings (SSSR count). The monoisotopic (exact) mass is 264 g/mol. The molecule has 0 spiro atoms. The molecule has 0 aliphatic carbocycles. The molecule has 1 amide bonds. The molecule has 1 aliphatic heterocycles. The molecule has 2 heterocycles. The average Bonchev–Trinajstić information content (AvgIpc) is 2.70. The van der Waals surface area contributed by atoms with Crippen LogP contribution in [0.2, 0.25) is 0 Å². The molecule has 1 saturated heterocycles. The van der Waals surface area contributed by atoms with Crippen LogP contribution in [0.15, 0.2) is 6.07 Å². The molecule has 1 fully saturated rings. The highest BCUT2D eigenvalue weighted by molar-refractivity contribution is 5.92. The molecule has 0 saturated carbocycles. The molecule has 0 unspecified atom stereocenters. The number of aryl methyl sites for hydroxylation is 1. The van der Waals surface area contributed by atoms with Crippen LogP contribution in [0.3, 0.4) is 0 Å². The Labute approximate surface area is 114 Å². The summed E-state index contributed by atoms with van der Waals surface area (Å²) in [7, 11) is 1.89. The third-order valence-corrected chi connectivity index (χ3v) is 3.90. The molecule has 2 atom stereocenters. The zero-order chi connectivity index (χ0) is 14.2. The third-order valence-electron chi connectivity index (χ3n) is 3.90. The standard InChI is InChI=1S/C14H24N4O/c1-9(2)13-8-12(16-17(13)4)14(19)18-6-5-11(15)7-10(18)3/h8-11H,5-7,15H2,1-4H3/t10-,11+/m0/s1. The molecule has 0 radical (unpaired) electrons. The van der Waals surface area contributed by atoms with E-state index in [1.807, 2.05) is 18.0 Å². The molecule has 5 nitrogen and oxygen atoms in total. The van der Waals surface area contributed by atoms with Crippen molar-refractivity contribution in [1.82, 2.24) is 14.7 Å². The van der Waals surface area contributed by atoms with Gasteiger partial charge in [-0.15, -0.1) is 0 Å².